The van der Waals surface area contributed by atoms with Crippen LogP contribution < -0.4 is 9.47 Å². The minimum Gasteiger partial charge on any atom is -0.503 e. The first-order chi connectivity index (χ1) is 18.6. The fourth-order valence-electron chi connectivity index (χ4n) is 4.61. The van der Waals surface area contributed by atoms with E-state index in [-0.39, 0.29) is 11.3 Å². The Labute approximate surface area is 220 Å². The van der Waals surface area contributed by atoms with Gasteiger partial charge in [0.05, 0.1) is 25.0 Å². The van der Waals surface area contributed by atoms with E-state index in [4.69, 9.17) is 13.9 Å². The van der Waals surface area contributed by atoms with Crippen LogP contribution in [0.4, 0.5) is 0 Å². The van der Waals surface area contributed by atoms with Crippen LogP contribution in [0.5, 0.6) is 11.5 Å². The summed E-state index contributed by atoms with van der Waals surface area (Å²) in [5.41, 5.74) is 2.62. The Balaban J connectivity index is 1.48. The van der Waals surface area contributed by atoms with Gasteiger partial charge in [-0.05, 0) is 47.4 Å². The highest BCUT2D eigenvalue weighted by molar-refractivity contribution is 6.15. The molecule has 38 heavy (non-hydrogen) atoms. The van der Waals surface area contributed by atoms with Crippen LogP contribution in [-0.2, 0) is 17.8 Å². The second-order valence-electron chi connectivity index (χ2n) is 8.89. The minimum atomic E-state index is -0.833. The van der Waals surface area contributed by atoms with Crippen molar-refractivity contribution in [3.05, 3.63) is 131 Å². The monoisotopic (exact) mass is 509 g/mol. The Morgan fingerprint density at radius 2 is 1.63 bits per heavy atom. The van der Waals surface area contributed by atoms with Crippen LogP contribution in [0.1, 0.15) is 33.3 Å². The normalized spacial score (nSPS) is 15.1. The van der Waals surface area contributed by atoms with E-state index in [2.05, 4.69) is 0 Å². The first-order valence-electron chi connectivity index (χ1n) is 12.3. The highest BCUT2D eigenvalue weighted by atomic mass is 16.5. The fourth-order valence-corrected chi connectivity index (χ4v) is 4.61. The third-order valence-corrected chi connectivity index (χ3v) is 6.52. The average Bonchev–Trinajstić information content (AvgIpc) is 3.59. The number of hydrogen-bond acceptors (Lipinski definition) is 6. The van der Waals surface area contributed by atoms with Crippen LogP contribution in [0.15, 0.2) is 113 Å². The number of carbonyl (C=O) groups excluding carboxylic acids is 2. The van der Waals surface area contributed by atoms with E-state index < -0.39 is 23.5 Å². The molecule has 1 N–H and O–H groups in total. The van der Waals surface area contributed by atoms with Gasteiger partial charge >= 0.3 is 0 Å². The van der Waals surface area contributed by atoms with Gasteiger partial charge in [0.25, 0.3) is 5.91 Å². The predicted molar refractivity (Wildman–Crippen MR) is 141 cm³/mol. The second kappa shape index (κ2) is 11.1. The molecule has 1 atom stereocenters. The molecule has 5 rings (SSSR count). The van der Waals surface area contributed by atoms with Gasteiger partial charge in [0.2, 0.25) is 5.78 Å². The van der Waals surface area contributed by atoms with Gasteiger partial charge in [0, 0.05) is 6.54 Å². The zero-order valence-corrected chi connectivity index (χ0v) is 20.9. The number of ether oxygens (including phenoxy) is 2. The molecule has 0 saturated heterocycles. The smallest absolute Gasteiger partial charge is 0.290 e. The molecule has 1 aromatic heterocycles. The summed E-state index contributed by atoms with van der Waals surface area (Å²) in [7, 11) is 1.53. The predicted octanol–water partition coefficient (Wildman–Crippen LogP) is 5.69. The lowest BCUT2D eigenvalue weighted by Gasteiger charge is -2.27. The lowest BCUT2D eigenvalue weighted by Crippen LogP contribution is -2.33. The van der Waals surface area contributed by atoms with Crippen LogP contribution in [-0.4, -0.2) is 35.4 Å². The van der Waals surface area contributed by atoms with Crippen LogP contribution in [0.25, 0.3) is 0 Å². The maximum Gasteiger partial charge on any atom is 0.290 e. The van der Waals surface area contributed by atoms with Crippen LogP contribution in [0.3, 0.4) is 0 Å². The number of nitrogens with zero attached hydrogens (tertiary/aromatic N) is 1. The van der Waals surface area contributed by atoms with E-state index in [0.29, 0.717) is 36.6 Å². The number of furan rings is 1. The van der Waals surface area contributed by atoms with Crippen molar-refractivity contribution in [3.8, 4) is 11.5 Å². The molecule has 1 aliphatic rings. The Kier molecular flexibility index (Phi) is 7.26. The third kappa shape index (κ3) is 5.04. The number of aliphatic hydroxyl groups is 1. The SMILES string of the molecule is COc1cc(C2C(C(=O)c3ccco3)=C(O)C(=O)N2CCc2ccccc2)ccc1OCc1ccccc1. The first kappa shape index (κ1) is 24.9. The minimum absolute atomic E-state index is 0.0296. The van der Waals surface area contributed by atoms with Crippen LogP contribution in [0.2, 0.25) is 0 Å². The summed E-state index contributed by atoms with van der Waals surface area (Å²) < 4.78 is 16.9. The molecule has 192 valence electrons. The van der Waals surface area contributed by atoms with Crippen LogP contribution in [0, 0.1) is 0 Å². The zero-order chi connectivity index (χ0) is 26.5. The van der Waals surface area contributed by atoms with E-state index in [9.17, 15) is 14.7 Å². The zero-order valence-electron chi connectivity index (χ0n) is 20.9. The molecule has 2 heterocycles. The Bertz CT molecular complexity index is 1440. The fraction of sp³-hybridized carbons (Fsp3) is 0.161. The number of aliphatic hydroxyl groups excluding tert-OH is 1. The molecule has 7 heteroatoms. The standard InChI is InChI=1S/C31H27NO6/c1-36-26-19-23(14-15-24(26)38-20-22-11-6-3-7-12-22)28-27(29(33)25-13-8-18-37-25)30(34)31(35)32(28)17-16-21-9-4-2-5-10-21/h2-15,18-19,28,34H,16-17,20H2,1H3. The van der Waals surface area contributed by atoms with E-state index in [0.717, 1.165) is 11.1 Å². The maximum absolute atomic E-state index is 13.4. The molecular formula is C31H27NO6. The molecule has 0 aliphatic carbocycles. The van der Waals surface area contributed by atoms with Gasteiger partial charge in [-0.25, -0.2) is 0 Å². The van der Waals surface area contributed by atoms with Crippen molar-refractivity contribution >= 4 is 11.7 Å². The number of hydrogen-bond donors (Lipinski definition) is 1. The third-order valence-electron chi connectivity index (χ3n) is 6.52. The number of rotatable bonds is 10. The molecule has 0 saturated carbocycles. The second-order valence-corrected chi connectivity index (χ2v) is 8.89. The molecule has 3 aromatic carbocycles. The molecule has 7 nitrogen and oxygen atoms in total. The number of ketones is 1. The van der Waals surface area contributed by atoms with Gasteiger partial charge < -0.3 is 23.9 Å². The van der Waals surface area contributed by atoms with Crippen LogP contribution >= 0.6 is 0 Å². The van der Waals surface area contributed by atoms with Crippen molar-refractivity contribution in [3.63, 3.8) is 0 Å². The van der Waals surface area contributed by atoms with Crippen molar-refractivity contribution in [1.29, 1.82) is 0 Å². The highest BCUT2D eigenvalue weighted by Crippen LogP contribution is 2.42. The molecule has 1 aliphatic heterocycles. The lowest BCUT2D eigenvalue weighted by molar-refractivity contribution is -0.129. The van der Waals surface area contributed by atoms with Crippen molar-refractivity contribution in [2.45, 2.75) is 19.1 Å². The Hall–Kier alpha value is -4.78. The van der Waals surface area contributed by atoms with E-state index in [1.54, 1.807) is 24.3 Å². The summed E-state index contributed by atoms with van der Waals surface area (Å²) in [4.78, 5) is 28.2. The Morgan fingerprint density at radius 1 is 0.921 bits per heavy atom. The molecular weight excluding hydrogens is 482 g/mol. The average molecular weight is 510 g/mol. The molecule has 0 spiro atoms. The summed E-state index contributed by atoms with van der Waals surface area (Å²) >= 11 is 0. The van der Waals surface area contributed by atoms with Gasteiger partial charge in [0.15, 0.2) is 23.0 Å². The van der Waals surface area contributed by atoms with Crippen molar-refractivity contribution in [1.82, 2.24) is 4.90 Å². The summed E-state index contributed by atoms with van der Waals surface area (Å²) in [5.74, 6) is -0.713. The molecule has 0 radical (unpaired) electrons. The largest absolute Gasteiger partial charge is 0.503 e. The number of Topliss-reactive ketones (excluding diaryl/α,β-unsaturated/α-hetero) is 1. The van der Waals surface area contributed by atoms with E-state index in [1.807, 2.05) is 60.7 Å². The van der Waals surface area contributed by atoms with E-state index >= 15 is 0 Å². The summed E-state index contributed by atoms with van der Waals surface area (Å²) in [5, 5.41) is 10.9. The highest BCUT2D eigenvalue weighted by Gasteiger charge is 2.44. The number of benzene rings is 3. The lowest BCUT2D eigenvalue weighted by atomic mass is 9.94. The van der Waals surface area contributed by atoms with Crippen molar-refractivity contribution in [2.75, 3.05) is 13.7 Å². The maximum atomic E-state index is 13.4. The summed E-state index contributed by atoms with van der Waals surface area (Å²) in [6.07, 6.45) is 1.93. The van der Waals surface area contributed by atoms with Gasteiger partial charge in [-0.3, -0.25) is 9.59 Å². The molecule has 1 unspecified atom stereocenters. The number of amides is 1. The topological polar surface area (TPSA) is 89.2 Å². The Morgan fingerprint density at radius 3 is 2.29 bits per heavy atom. The summed E-state index contributed by atoms with van der Waals surface area (Å²) in [6.45, 7) is 0.645. The van der Waals surface area contributed by atoms with Gasteiger partial charge in [-0.2, -0.15) is 0 Å². The van der Waals surface area contributed by atoms with Crippen molar-refractivity contribution < 1.29 is 28.6 Å². The van der Waals surface area contributed by atoms with Gasteiger partial charge in [0.1, 0.15) is 6.61 Å². The molecule has 0 bridgehead atoms. The number of carbonyl (C=O) groups is 2. The molecule has 4 aromatic rings. The first-order valence-corrected chi connectivity index (χ1v) is 12.3. The van der Waals surface area contributed by atoms with E-state index in [1.165, 1.54) is 24.3 Å². The van der Waals surface area contributed by atoms with Crippen molar-refractivity contribution in [2.24, 2.45) is 0 Å². The van der Waals surface area contributed by atoms with Gasteiger partial charge in [-0.1, -0.05) is 66.7 Å². The van der Waals surface area contributed by atoms with Gasteiger partial charge in [-0.15, -0.1) is 0 Å². The molecule has 0 fully saturated rings. The number of methoxy groups -OCH3 is 1. The molecule has 1 amide bonds. The quantitative estimate of drug-likeness (QED) is 0.276. The summed E-state index contributed by atoms with van der Waals surface area (Å²) in [6, 6.07) is 27.0.